The van der Waals surface area contributed by atoms with E-state index in [-0.39, 0.29) is 101 Å². The second kappa shape index (κ2) is 30.9. The van der Waals surface area contributed by atoms with Crippen LogP contribution in [0.15, 0.2) is 42.5 Å². The van der Waals surface area contributed by atoms with Crippen molar-refractivity contribution in [2.24, 2.45) is 17.2 Å². The third-order valence-corrected chi connectivity index (χ3v) is 12.9. The molecule has 2 aromatic carbocycles. The van der Waals surface area contributed by atoms with Crippen LogP contribution in [0, 0.1) is 16.2 Å². The summed E-state index contributed by atoms with van der Waals surface area (Å²) < 4.78 is 0. The van der Waals surface area contributed by atoms with E-state index in [2.05, 4.69) is 47.9 Å². The summed E-state index contributed by atoms with van der Waals surface area (Å²) in [7, 11) is 1.42. The van der Waals surface area contributed by atoms with Crippen molar-refractivity contribution in [1.29, 1.82) is 16.2 Å². The number of carbonyl (C=O) groups excluding carboxylic acids is 7. The SMILES string of the molecule is CN(CC(=O)N[C@H](CC(=O)O)C(=O)N1CCCC[C@H]1C(=O)N[C@@H](Cc1ccc2ccccc2c1)C(=O)N[C@@H](CCCNC(=N)N)C(=O)N[C@@H](CCCNC(=N)N)C(=O)N[C@H](CCCNC(=N)N)C(=O)O)C(=O)[C@@H]1CCCN1. The van der Waals surface area contributed by atoms with Gasteiger partial charge in [0.25, 0.3) is 0 Å². The van der Waals surface area contributed by atoms with E-state index < -0.39 is 103 Å². The number of hydrogen-bond donors (Lipinski definition) is 17. The van der Waals surface area contributed by atoms with E-state index in [0.29, 0.717) is 31.4 Å². The molecule has 0 bridgehead atoms. The first-order chi connectivity index (χ1) is 36.6. The first kappa shape index (κ1) is 61.2. The predicted molar refractivity (Wildman–Crippen MR) is 283 cm³/mol. The summed E-state index contributed by atoms with van der Waals surface area (Å²) in [6.07, 6.45) is 1.55. The number of nitrogens with two attached hydrogens (primary N) is 3. The Kier molecular flexibility index (Phi) is 24.6. The number of carboxylic acids is 2. The van der Waals surface area contributed by atoms with Gasteiger partial charge in [-0.1, -0.05) is 42.5 Å². The molecule has 2 fully saturated rings. The summed E-state index contributed by atoms with van der Waals surface area (Å²) in [4.78, 5) is 125. The summed E-state index contributed by atoms with van der Waals surface area (Å²) in [5.74, 6) is -9.25. The summed E-state index contributed by atoms with van der Waals surface area (Å²) in [5.41, 5.74) is 16.8. The molecule has 28 nitrogen and oxygen atoms in total. The molecule has 422 valence electrons. The minimum absolute atomic E-state index is 0.00340. The Morgan fingerprint density at radius 1 is 0.675 bits per heavy atom. The molecule has 77 heavy (non-hydrogen) atoms. The lowest BCUT2D eigenvalue weighted by molar-refractivity contribution is -0.149. The number of carbonyl (C=O) groups is 9. The lowest BCUT2D eigenvalue weighted by atomic mass is 9.97. The summed E-state index contributed by atoms with van der Waals surface area (Å²) >= 11 is 0. The fourth-order valence-corrected chi connectivity index (χ4v) is 9.02. The van der Waals surface area contributed by atoms with Gasteiger partial charge >= 0.3 is 11.9 Å². The first-order valence-corrected chi connectivity index (χ1v) is 25.6. The van der Waals surface area contributed by atoms with Crippen LogP contribution < -0.4 is 65.1 Å². The number of fused-ring (bicyclic) bond motifs is 1. The van der Waals surface area contributed by atoms with Gasteiger partial charge in [0, 0.05) is 39.6 Å². The van der Waals surface area contributed by atoms with Crippen molar-refractivity contribution >= 4 is 81.9 Å². The monoisotopic (exact) mass is 1080 g/mol. The van der Waals surface area contributed by atoms with Crippen LogP contribution in [0.1, 0.15) is 82.6 Å². The smallest absolute Gasteiger partial charge is 0.326 e. The Bertz CT molecular complexity index is 2460. The van der Waals surface area contributed by atoms with Crippen molar-refractivity contribution in [1.82, 2.24) is 57.7 Å². The van der Waals surface area contributed by atoms with Gasteiger partial charge in [-0.05, 0) is 93.5 Å². The number of nitrogens with one attached hydrogen (secondary N) is 12. The Labute approximate surface area is 445 Å². The van der Waals surface area contributed by atoms with Crippen LogP contribution in [-0.2, 0) is 49.6 Å². The number of amides is 7. The van der Waals surface area contributed by atoms with E-state index in [4.69, 9.17) is 33.4 Å². The first-order valence-electron chi connectivity index (χ1n) is 25.6. The number of hydrogen-bond acceptors (Lipinski definition) is 13. The number of likely N-dealkylation sites (N-methyl/N-ethyl adjacent to an activating group) is 1. The summed E-state index contributed by atoms with van der Waals surface area (Å²) in [5, 5.41) is 67.8. The number of carboxylic acid groups (broad SMARTS) is 2. The highest BCUT2D eigenvalue weighted by Crippen LogP contribution is 2.21. The van der Waals surface area contributed by atoms with Crippen LogP contribution in [-0.4, -0.2) is 180 Å². The van der Waals surface area contributed by atoms with Gasteiger partial charge in [0.2, 0.25) is 41.4 Å². The van der Waals surface area contributed by atoms with E-state index in [1.807, 2.05) is 36.4 Å². The van der Waals surface area contributed by atoms with Crippen molar-refractivity contribution in [3.8, 4) is 0 Å². The van der Waals surface area contributed by atoms with E-state index in [1.54, 1.807) is 6.07 Å². The van der Waals surface area contributed by atoms with Crippen molar-refractivity contribution in [3.05, 3.63) is 48.0 Å². The fourth-order valence-electron chi connectivity index (χ4n) is 9.02. The maximum atomic E-state index is 14.7. The Morgan fingerprint density at radius 3 is 1.75 bits per heavy atom. The predicted octanol–water partition coefficient (Wildman–Crippen LogP) is -3.25. The molecular weight excluding hydrogens is 1000 g/mol. The van der Waals surface area contributed by atoms with Crippen molar-refractivity contribution in [2.45, 2.75) is 126 Å². The standard InChI is InChI=1S/C49H75N17O11/c1-65(44(74)33-14-8-19-56-33)27-38(67)60-36(26-39(68)69)45(75)66-23-5-4-16-37(66)43(73)64-35(25-28-17-18-29-10-2-3-11-30(29)24-28)42(72)62-31(12-6-20-57-47(50)51)40(70)61-32(13-7-21-58-48(52)53)41(71)63-34(46(76)77)15-9-22-59-49(54)55/h2-3,10-11,17-18,24,31-37,56H,4-9,12-16,19-23,25-27H2,1H3,(H,60,67)(H,61,70)(H,62,72)(H,63,71)(H,64,73)(H,68,69)(H,76,77)(H4,50,51,57)(H4,52,53,58)(H4,54,55,59)/t31-,32-,33-,34+,35-,36+,37-/m0/s1. The number of nitrogens with zero attached hydrogens (tertiary/aromatic N) is 2. The number of rotatable bonds is 30. The van der Waals surface area contributed by atoms with Crippen molar-refractivity contribution < 1.29 is 53.4 Å². The van der Waals surface area contributed by atoms with Gasteiger partial charge in [0.15, 0.2) is 17.9 Å². The highest BCUT2D eigenvalue weighted by atomic mass is 16.4. The third kappa shape index (κ3) is 20.7. The molecule has 28 heteroatoms. The molecule has 4 rings (SSSR count). The molecule has 0 aromatic heterocycles. The average molecular weight is 1080 g/mol. The fraction of sp³-hybridized carbons (Fsp3) is 0.551. The largest absolute Gasteiger partial charge is 0.481 e. The molecule has 0 unspecified atom stereocenters. The molecule has 0 aliphatic carbocycles. The zero-order valence-corrected chi connectivity index (χ0v) is 43.2. The molecule has 2 aliphatic heterocycles. The summed E-state index contributed by atoms with van der Waals surface area (Å²) in [6.45, 7) is 0.476. The van der Waals surface area contributed by atoms with Crippen LogP contribution in [0.3, 0.4) is 0 Å². The quantitative estimate of drug-likeness (QED) is 0.0207. The van der Waals surface area contributed by atoms with Gasteiger partial charge < -0.3 is 85.1 Å². The molecule has 0 saturated carbocycles. The zero-order chi connectivity index (χ0) is 56.6. The third-order valence-electron chi connectivity index (χ3n) is 12.9. The molecule has 2 aliphatic rings. The van der Waals surface area contributed by atoms with E-state index in [1.165, 1.54) is 16.8 Å². The minimum Gasteiger partial charge on any atom is -0.481 e. The Hall–Kier alpha value is -8.30. The molecule has 0 spiro atoms. The number of benzene rings is 2. The number of piperidine rings is 1. The Balaban J connectivity index is 1.63. The molecular formula is C49H75N17O11. The zero-order valence-electron chi connectivity index (χ0n) is 43.2. The molecule has 0 radical (unpaired) electrons. The topological polar surface area (TPSA) is 458 Å². The average Bonchev–Trinajstić information content (AvgIpc) is 3.93. The van der Waals surface area contributed by atoms with Crippen LogP contribution >= 0.6 is 0 Å². The maximum absolute atomic E-state index is 14.7. The van der Waals surface area contributed by atoms with Gasteiger partial charge in [-0.3, -0.25) is 54.6 Å². The molecule has 7 atom stereocenters. The van der Waals surface area contributed by atoms with Crippen molar-refractivity contribution in [2.75, 3.05) is 46.3 Å². The lowest BCUT2D eigenvalue weighted by Crippen LogP contribution is -2.61. The number of aliphatic carboxylic acids is 2. The second-order valence-corrected chi connectivity index (χ2v) is 19.0. The molecule has 2 aromatic rings. The number of likely N-dealkylation sites (tertiary alicyclic amines) is 1. The van der Waals surface area contributed by atoms with Crippen LogP contribution in [0.25, 0.3) is 10.8 Å². The van der Waals surface area contributed by atoms with Crippen LogP contribution in [0.5, 0.6) is 0 Å². The second-order valence-electron chi connectivity index (χ2n) is 19.0. The van der Waals surface area contributed by atoms with E-state index in [9.17, 15) is 53.4 Å². The number of guanidine groups is 3. The van der Waals surface area contributed by atoms with Gasteiger partial charge in [-0.25, -0.2) is 4.79 Å². The van der Waals surface area contributed by atoms with E-state index in [0.717, 1.165) is 17.2 Å². The highest BCUT2D eigenvalue weighted by Gasteiger charge is 2.39. The summed E-state index contributed by atoms with van der Waals surface area (Å²) in [6, 6.07) is 3.80. The maximum Gasteiger partial charge on any atom is 0.326 e. The molecule has 20 N–H and O–H groups in total. The van der Waals surface area contributed by atoms with Crippen LogP contribution in [0.4, 0.5) is 0 Å². The van der Waals surface area contributed by atoms with Gasteiger partial charge in [0.05, 0.1) is 19.0 Å². The lowest BCUT2D eigenvalue weighted by Gasteiger charge is -2.37. The molecule has 2 saturated heterocycles. The molecule has 2 heterocycles. The van der Waals surface area contributed by atoms with Gasteiger partial charge in [-0.2, -0.15) is 0 Å². The molecule has 7 amide bonds. The Morgan fingerprint density at radius 2 is 1.22 bits per heavy atom. The highest BCUT2D eigenvalue weighted by molar-refractivity contribution is 5.98. The van der Waals surface area contributed by atoms with E-state index >= 15 is 0 Å². The normalized spacial score (nSPS) is 16.9. The van der Waals surface area contributed by atoms with Crippen molar-refractivity contribution in [3.63, 3.8) is 0 Å². The van der Waals surface area contributed by atoms with Gasteiger partial charge in [-0.15, -0.1) is 0 Å². The minimum atomic E-state index is -1.63. The van der Waals surface area contributed by atoms with Gasteiger partial charge in [0.1, 0.15) is 36.3 Å². The van der Waals surface area contributed by atoms with Crippen LogP contribution in [0.2, 0.25) is 0 Å².